The molecule has 2 aromatic rings. The second-order valence-electron chi connectivity index (χ2n) is 6.26. The molecule has 0 bridgehead atoms. The number of rotatable bonds is 2. The fourth-order valence-electron chi connectivity index (χ4n) is 2.27. The van der Waals surface area contributed by atoms with Gasteiger partial charge in [-0.3, -0.25) is 0 Å². The van der Waals surface area contributed by atoms with E-state index >= 15 is 0 Å². The molecule has 2 unspecified atom stereocenters. The van der Waals surface area contributed by atoms with Gasteiger partial charge in [-0.1, -0.05) is 26.0 Å². The van der Waals surface area contributed by atoms with E-state index in [1.807, 2.05) is 20.8 Å². The first-order valence-electron chi connectivity index (χ1n) is 9.92. The van der Waals surface area contributed by atoms with Gasteiger partial charge in [-0.25, -0.2) is 13.6 Å². The molecule has 1 fully saturated rings. The van der Waals surface area contributed by atoms with Crippen molar-refractivity contribution >= 4 is 5.97 Å². The number of alkyl halides is 3. The molecular weight excluding hydrogens is 435 g/mol. The summed E-state index contributed by atoms with van der Waals surface area (Å²) >= 11 is 0. The van der Waals surface area contributed by atoms with Gasteiger partial charge in [-0.05, 0) is 49.7 Å². The van der Waals surface area contributed by atoms with Crippen LogP contribution in [0, 0.1) is 11.6 Å². The van der Waals surface area contributed by atoms with Crippen LogP contribution < -0.4 is 0 Å². The van der Waals surface area contributed by atoms with E-state index in [9.17, 15) is 26.7 Å². The Labute approximate surface area is 185 Å². The van der Waals surface area contributed by atoms with E-state index in [0.29, 0.717) is 6.42 Å². The maximum Gasteiger partial charge on any atom is 0.416 e. The number of hydrogen-bond acceptors (Lipinski definition) is 4. The smallest absolute Gasteiger partial charge is 0.416 e. The molecule has 32 heavy (non-hydrogen) atoms. The first kappa shape index (κ1) is 29.5. The molecule has 0 aromatic heterocycles. The van der Waals surface area contributed by atoms with Crippen LogP contribution in [0.1, 0.15) is 49.5 Å². The van der Waals surface area contributed by atoms with Crippen LogP contribution in [-0.4, -0.2) is 32.6 Å². The highest BCUT2D eigenvalue weighted by molar-refractivity contribution is 5.89. The lowest BCUT2D eigenvalue weighted by Crippen LogP contribution is -2.18. The van der Waals surface area contributed by atoms with Crippen molar-refractivity contribution in [2.24, 2.45) is 0 Å². The van der Waals surface area contributed by atoms with Gasteiger partial charge in [0.25, 0.3) is 0 Å². The van der Waals surface area contributed by atoms with Crippen molar-refractivity contribution in [2.75, 3.05) is 14.2 Å². The fraction of sp³-hybridized carbons (Fsp3) is 0.435. The molecule has 1 aliphatic rings. The lowest BCUT2D eigenvalue weighted by Gasteiger charge is -2.13. The maximum atomic E-state index is 12.4. The van der Waals surface area contributed by atoms with Gasteiger partial charge in [-0.15, -0.1) is 0 Å². The topological polar surface area (TPSA) is 44.8 Å². The summed E-state index contributed by atoms with van der Waals surface area (Å²) in [5, 5.41) is 0. The van der Waals surface area contributed by atoms with Crippen molar-refractivity contribution < 1.29 is 41.0 Å². The summed E-state index contributed by atoms with van der Waals surface area (Å²) in [4.78, 5) is 11.7. The molecular formula is C23H29F5O4. The highest BCUT2D eigenvalue weighted by Crippen LogP contribution is 2.29. The van der Waals surface area contributed by atoms with Crippen LogP contribution in [0.25, 0.3) is 0 Å². The van der Waals surface area contributed by atoms with Crippen molar-refractivity contribution in [1.82, 2.24) is 0 Å². The molecule has 1 heterocycles. The second kappa shape index (κ2) is 15.3. The van der Waals surface area contributed by atoms with E-state index in [1.54, 1.807) is 14.2 Å². The molecule has 3 rings (SSSR count). The Morgan fingerprint density at radius 2 is 1.41 bits per heavy atom. The van der Waals surface area contributed by atoms with Crippen molar-refractivity contribution in [3.05, 3.63) is 71.3 Å². The summed E-state index contributed by atoms with van der Waals surface area (Å²) in [6.45, 7) is 5.87. The maximum absolute atomic E-state index is 12.4. The molecule has 2 aromatic carbocycles. The number of ether oxygens (including phenoxy) is 3. The highest BCUT2D eigenvalue weighted by atomic mass is 19.4. The zero-order valence-corrected chi connectivity index (χ0v) is 18.7. The average molecular weight is 464 g/mol. The summed E-state index contributed by atoms with van der Waals surface area (Å²) in [6.07, 6.45) is -3.58. The van der Waals surface area contributed by atoms with Gasteiger partial charge in [0.15, 0.2) is 11.6 Å². The van der Waals surface area contributed by atoms with Gasteiger partial charge in [0, 0.05) is 20.6 Å². The van der Waals surface area contributed by atoms with Crippen LogP contribution in [0.15, 0.2) is 48.5 Å². The first-order chi connectivity index (χ1) is 15.1. The molecule has 0 N–H and O–H groups in total. The Bertz CT molecular complexity index is 758. The summed E-state index contributed by atoms with van der Waals surface area (Å²) in [7, 11) is 3.25. The Hall–Kier alpha value is -2.52. The third-order valence-corrected chi connectivity index (χ3v) is 3.70. The number of methoxy groups -OCH3 is 1. The van der Waals surface area contributed by atoms with Crippen molar-refractivity contribution in [3.63, 3.8) is 0 Å². The second-order valence-corrected chi connectivity index (χ2v) is 6.26. The molecule has 0 saturated carbocycles. The van der Waals surface area contributed by atoms with Crippen LogP contribution in [0.4, 0.5) is 22.0 Å². The largest absolute Gasteiger partial charge is 0.432 e. The van der Waals surface area contributed by atoms with E-state index in [2.05, 4.69) is 4.74 Å². The van der Waals surface area contributed by atoms with Crippen molar-refractivity contribution in [2.45, 2.75) is 52.2 Å². The Balaban J connectivity index is 0.000000612. The fourth-order valence-corrected chi connectivity index (χ4v) is 2.27. The molecule has 1 aliphatic heterocycles. The minimum Gasteiger partial charge on any atom is -0.432 e. The molecule has 0 amide bonds. The van der Waals surface area contributed by atoms with E-state index in [4.69, 9.17) is 9.47 Å². The summed E-state index contributed by atoms with van der Waals surface area (Å²) in [5.41, 5.74) is -0.717. The quantitative estimate of drug-likeness (QED) is 0.369. The molecule has 0 radical (unpaired) electrons. The van der Waals surface area contributed by atoms with Gasteiger partial charge in [0.1, 0.15) is 0 Å². The molecule has 180 valence electrons. The van der Waals surface area contributed by atoms with Gasteiger partial charge in [0.05, 0.1) is 17.2 Å². The van der Waals surface area contributed by atoms with Crippen LogP contribution in [-0.2, 0) is 20.4 Å². The number of halogens is 5. The predicted molar refractivity (Wildman–Crippen MR) is 111 cm³/mol. The molecule has 9 heteroatoms. The highest BCUT2D eigenvalue weighted by Gasteiger charge is 2.31. The lowest BCUT2D eigenvalue weighted by molar-refractivity contribution is -0.137. The van der Waals surface area contributed by atoms with Gasteiger partial charge in [-0.2, -0.15) is 13.2 Å². The monoisotopic (exact) mass is 464 g/mol. The minimum atomic E-state index is -4.41. The standard InChI is InChI=1S/C13H13F3O3.C6H4F2.C2H6O.C2H6/c1-8-2-7-11(18-8)19-12(17)9-3-5-10(6-4-9)13(14,15)16;7-5-3-1-2-4-6(5)8;1-3-2;1-2/h3-6,8,11H,2,7H2,1H3;1-4H;1-2H3;1-2H3. The van der Waals surface area contributed by atoms with E-state index in [1.165, 1.54) is 12.1 Å². The average Bonchev–Trinajstić information content (AvgIpc) is 3.17. The number of carbonyl (C=O) groups excluding carboxylic acids is 1. The first-order valence-corrected chi connectivity index (χ1v) is 9.92. The summed E-state index contributed by atoms with van der Waals surface area (Å²) in [6, 6.07) is 8.96. The zero-order valence-electron chi connectivity index (χ0n) is 18.7. The molecule has 0 spiro atoms. The SMILES string of the molecule is CC.CC1CCC(OC(=O)c2ccc(C(F)(F)F)cc2)O1.COC.Fc1ccccc1F. The van der Waals surface area contributed by atoms with E-state index in [0.717, 1.165) is 42.8 Å². The van der Waals surface area contributed by atoms with Crippen LogP contribution >= 0.6 is 0 Å². The third-order valence-electron chi connectivity index (χ3n) is 3.70. The number of carbonyl (C=O) groups is 1. The van der Waals surface area contributed by atoms with Crippen LogP contribution in [0.2, 0.25) is 0 Å². The lowest BCUT2D eigenvalue weighted by atomic mass is 10.1. The van der Waals surface area contributed by atoms with Crippen molar-refractivity contribution in [3.8, 4) is 0 Å². The number of esters is 1. The Morgan fingerprint density at radius 1 is 0.938 bits per heavy atom. The van der Waals surface area contributed by atoms with Crippen LogP contribution in [0.3, 0.4) is 0 Å². The summed E-state index contributed by atoms with van der Waals surface area (Å²) in [5.74, 6) is -2.27. The molecule has 2 atom stereocenters. The minimum absolute atomic E-state index is 0.0328. The van der Waals surface area contributed by atoms with Gasteiger partial charge < -0.3 is 14.2 Å². The Morgan fingerprint density at radius 3 is 1.75 bits per heavy atom. The third kappa shape index (κ3) is 11.2. The molecule has 0 aliphatic carbocycles. The predicted octanol–water partition coefficient (Wildman–Crippen LogP) is 6.64. The number of hydrogen-bond donors (Lipinski definition) is 0. The van der Waals surface area contributed by atoms with Gasteiger partial charge >= 0.3 is 12.1 Å². The zero-order chi connectivity index (χ0) is 24.7. The van der Waals surface area contributed by atoms with Crippen LogP contribution in [0.5, 0.6) is 0 Å². The van der Waals surface area contributed by atoms with E-state index in [-0.39, 0.29) is 11.7 Å². The molecule has 1 saturated heterocycles. The molecule has 4 nitrogen and oxygen atoms in total. The summed E-state index contributed by atoms with van der Waals surface area (Å²) < 4.78 is 75.6. The van der Waals surface area contributed by atoms with Crippen molar-refractivity contribution in [1.29, 1.82) is 0 Å². The normalized spacial score (nSPS) is 16.9. The van der Waals surface area contributed by atoms with Gasteiger partial charge in [0.2, 0.25) is 6.29 Å². The number of benzene rings is 2. The van der Waals surface area contributed by atoms with E-state index < -0.39 is 35.6 Å². The Kier molecular flexibility index (Phi) is 14.1.